The predicted molar refractivity (Wildman–Crippen MR) is 79.2 cm³/mol. The van der Waals surface area contributed by atoms with E-state index in [0.29, 0.717) is 25.4 Å². The van der Waals surface area contributed by atoms with Gasteiger partial charge in [0.05, 0.1) is 25.1 Å². The standard InChI is InChI=1S/C13H24N2O4S/c1-4-14(10(2)8-19-3)13(18)15-5-6-20-9-11(15)7-12(16)17/h10-11H,4-9H2,1-3H3,(H,16,17). The second kappa shape index (κ2) is 8.36. The van der Waals surface area contributed by atoms with Crippen molar-refractivity contribution in [3.63, 3.8) is 0 Å². The Morgan fingerprint density at radius 3 is 2.80 bits per heavy atom. The minimum atomic E-state index is -0.858. The Kier molecular flexibility index (Phi) is 7.15. The third-order valence-corrected chi connectivity index (χ3v) is 4.50. The highest BCUT2D eigenvalue weighted by atomic mass is 32.2. The number of carboxylic acids is 1. The van der Waals surface area contributed by atoms with Crippen molar-refractivity contribution in [2.24, 2.45) is 0 Å². The highest BCUT2D eigenvalue weighted by molar-refractivity contribution is 7.99. The van der Waals surface area contributed by atoms with E-state index in [4.69, 9.17) is 9.84 Å². The first-order chi connectivity index (χ1) is 9.51. The van der Waals surface area contributed by atoms with Crippen LogP contribution in [0, 0.1) is 0 Å². The van der Waals surface area contributed by atoms with Gasteiger partial charge in [-0.15, -0.1) is 0 Å². The lowest BCUT2D eigenvalue weighted by Crippen LogP contribution is -2.55. The maximum atomic E-state index is 12.6. The van der Waals surface area contributed by atoms with Crippen LogP contribution in [0.3, 0.4) is 0 Å². The van der Waals surface area contributed by atoms with Crippen molar-refractivity contribution in [1.82, 2.24) is 9.80 Å². The summed E-state index contributed by atoms with van der Waals surface area (Å²) in [6.07, 6.45) is 0.00888. The molecule has 0 aromatic carbocycles. The first-order valence-corrected chi connectivity index (χ1v) is 8.02. The van der Waals surface area contributed by atoms with Gasteiger partial charge in [0.2, 0.25) is 0 Å². The molecule has 1 fully saturated rings. The van der Waals surface area contributed by atoms with Gasteiger partial charge in [0.1, 0.15) is 0 Å². The van der Waals surface area contributed by atoms with Gasteiger partial charge in [0, 0.05) is 31.7 Å². The van der Waals surface area contributed by atoms with Gasteiger partial charge >= 0.3 is 12.0 Å². The van der Waals surface area contributed by atoms with Crippen molar-refractivity contribution in [2.45, 2.75) is 32.4 Å². The summed E-state index contributed by atoms with van der Waals surface area (Å²) in [6.45, 7) is 5.54. The maximum Gasteiger partial charge on any atom is 0.320 e. The minimum Gasteiger partial charge on any atom is -0.481 e. The monoisotopic (exact) mass is 304 g/mol. The van der Waals surface area contributed by atoms with Gasteiger partial charge in [0.25, 0.3) is 0 Å². The summed E-state index contributed by atoms with van der Waals surface area (Å²) in [7, 11) is 1.61. The molecular formula is C13H24N2O4S. The molecule has 1 aliphatic rings. The Morgan fingerprint density at radius 1 is 1.55 bits per heavy atom. The molecule has 20 heavy (non-hydrogen) atoms. The zero-order valence-corrected chi connectivity index (χ0v) is 13.2. The number of methoxy groups -OCH3 is 1. The van der Waals surface area contributed by atoms with Crippen LogP contribution in [0.25, 0.3) is 0 Å². The third-order valence-electron chi connectivity index (χ3n) is 3.41. The number of urea groups is 1. The fourth-order valence-electron chi connectivity index (χ4n) is 2.41. The Labute approximate surface area is 124 Å². The van der Waals surface area contributed by atoms with Gasteiger partial charge in [-0.25, -0.2) is 4.79 Å². The number of aliphatic carboxylic acids is 1. The number of nitrogens with zero attached hydrogens (tertiary/aromatic N) is 2. The van der Waals surface area contributed by atoms with E-state index in [0.717, 1.165) is 5.75 Å². The van der Waals surface area contributed by atoms with Gasteiger partial charge in [-0.3, -0.25) is 4.79 Å². The molecule has 1 saturated heterocycles. The molecule has 7 heteroatoms. The van der Waals surface area contributed by atoms with Crippen LogP contribution in [0.4, 0.5) is 4.79 Å². The molecule has 1 rings (SSSR count). The van der Waals surface area contributed by atoms with E-state index in [9.17, 15) is 9.59 Å². The van der Waals surface area contributed by atoms with Gasteiger partial charge in [-0.2, -0.15) is 11.8 Å². The van der Waals surface area contributed by atoms with Crippen molar-refractivity contribution >= 4 is 23.8 Å². The van der Waals surface area contributed by atoms with Crippen LogP contribution in [0.1, 0.15) is 20.3 Å². The van der Waals surface area contributed by atoms with Gasteiger partial charge < -0.3 is 19.6 Å². The highest BCUT2D eigenvalue weighted by Crippen LogP contribution is 2.21. The number of hydrogen-bond donors (Lipinski definition) is 1. The lowest BCUT2D eigenvalue weighted by molar-refractivity contribution is -0.138. The molecule has 2 unspecified atom stereocenters. The molecule has 1 aliphatic heterocycles. The summed E-state index contributed by atoms with van der Waals surface area (Å²) < 4.78 is 5.10. The number of hydrogen-bond acceptors (Lipinski definition) is 4. The fraction of sp³-hybridized carbons (Fsp3) is 0.846. The van der Waals surface area contributed by atoms with Crippen LogP contribution in [-0.2, 0) is 9.53 Å². The molecule has 1 heterocycles. The number of carboxylic acid groups (broad SMARTS) is 1. The molecule has 0 spiro atoms. The fourth-order valence-corrected chi connectivity index (χ4v) is 3.47. The maximum absolute atomic E-state index is 12.6. The highest BCUT2D eigenvalue weighted by Gasteiger charge is 2.32. The zero-order chi connectivity index (χ0) is 15.1. The number of carbonyl (C=O) groups excluding carboxylic acids is 1. The Morgan fingerprint density at radius 2 is 2.25 bits per heavy atom. The van der Waals surface area contributed by atoms with E-state index < -0.39 is 5.97 Å². The van der Waals surface area contributed by atoms with E-state index in [-0.39, 0.29) is 24.5 Å². The number of rotatable bonds is 6. The number of carbonyl (C=O) groups is 2. The van der Waals surface area contributed by atoms with E-state index in [1.807, 2.05) is 13.8 Å². The summed E-state index contributed by atoms with van der Waals surface area (Å²) in [5.74, 6) is 0.690. The Bertz CT molecular complexity index is 340. The first-order valence-electron chi connectivity index (χ1n) is 6.86. The lowest BCUT2D eigenvalue weighted by Gasteiger charge is -2.39. The molecule has 2 atom stereocenters. The van der Waals surface area contributed by atoms with Gasteiger partial charge in [-0.05, 0) is 13.8 Å². The normalized spacial score (nSPS) is 20.6. The molecule has 6 nitrogen and oxygen atoms in total. The smallest absolute Gasteiger partial charge is 0.320 e. The number of thioether (sulfide) groups is 1. The minimum absolute atomic E-state index is 0.00888. The zero-order valence-electron chi connectivity index (χ0n) is 12.4. The van der Waals surface area contributed by atoms with E-state index >= 15 is 0 Å². The lowest BCUT2D eigenvalue weighted by atomic mass is 10.2. The molecule has 0 radical (unpaired) electrons. The predicted octanol–water partition coefficient (Wildman–Crippen LogP) is 1.36. The van der Waals surface area contributed by atoms with Crippen LogP contribution in [0.5, 0.6) is 0 Å². The van der Waals surface area contributed by atoms with Crippen LogP contribution < -0.4 is 0 Å². The van der Waals surface area contributed by atoms with Crippen molar-refractivity contribution < 1.29 is 19.4 Å². The average Bonchev–Trinajstić information content (AvgIpc) is 2.39. The number of amides is 2. The molecule has 0 aromatic heterocycles. The van der Waals surface area contributed by atoms with Gasteiger partial charge in [0.15, 0.2) is 0 Å². The Balaban J connectivity index is 2.76. The van der Waals surface area contributed by atoms with Gasteiger partial charge in [-0.1, -0.05) is 0 Å². The molecule has 116 valence electrons. The van der Waals surface area contributed by atoms with Crippen LogP contribution in [0.2, 0.25) is 0 Å². The molecule has 0 saturated carbocycles. The molecule has 1 N–H and O–H groups in total. The summed E-state index contributed by atoms with van der Waals surface area (Å²) >= 11 is 1.70. The third kappa shape index (κ3) is 4.56. The first kappa shape index (κ1) is 17.1. The van der Waals surface area contributed by atoms with E-state index in [1.165, 1.54) is 0 Å². The van der Waals surface area contributed by atoms with Crippen molar-refractivity contribution in [3.8, 4) is 0 Å². The number of likely N-dealkylation sites (N-methyl/N-ethyl adjacent to an activating group) is 1. The SMILES string of the molecule is CCN(C(=O)N1CCSCC1CC(=O)O)C(C)COC. The summed E-state index contributed by atoms with van der Waals surface area (Å²) in [4.78, 5) is 27.0. The molecule has 2 amide bonds. The van der Waals surface area contributed by atoms with Crippen molar-refractivity contribution in [3.05, 3.63) is 0 Å². The van der Waals surface area contributed by atoms with Crippen molar-refractivity contribution in [2.75, 3.05) is 38.3 Å². The number of ether oxygens (including phenoxy) is 1. The van der Waals surface area contributed by atoms with Crippen molar-refractivity contribution in [1.29, 1.82) is 0 Å². The van der Waals surface area contributed by atoms with Crippen LogP contribution >= 0.6 is 11.8 Å². The van der Waals surface area contributed by atoms with Crippen LogP contribution in [0.15, 0.2) is 0 Å². The molecular weight excluding hydrogens is 280 g/mol. The second-order valence-corrected chi connectivity index (χ2v) is 6.04. The quantitative estimate of drug-likeness (QED) is 0.802. The largest absolute Gasteiger partial charge is 0.481 e. The molecule has 0 aromatic rings. The Hall–Kier alpha value is -0.950. The average molecular weight is 304 g/mol. The summed E-state index contributed by atoms with van der Waals surface area (Å²) in [5.41, 5.74) is 0. The topological polar surface area (TPSA) is 70.1 Å². The van der Waals surface area contributed by atoms with Crippen LogP contribution in [-0.4, -0.2) is 77.3 Å². The molecule has 0 bridgehead atoms. The second-order valence-electron chi connectivity index (χ2n) is 4.89. The van der Waals surface area contributed by atoms with E-state index in [1.54, 1.807) is 28.7 Å². The summed E-state index contributed by atoms with van der Waals surface area (Å²) in [6, 6.07) is -0.316. The van der Waals surface area contributed by atoms with E-state index in [2.05, 4.69) is 0 Å². The summed E-state index contributed by atoms with van der Waals surface area (Å²) in [5, 5.41) is 8.97. The molecule has 0 aliphatic carbocycles.